The number of ether oxygens (including phenoxy) is 1. The number of nitro benzene ring substituents is 1. The van der Waals surface area contributed by atoms with E-state index in [1.54, 1.807) is 6.07 Å². The summed E-state index contributed by atoms with van der Waals surface area (Å²) in [4.78, 5) is 21.3. The van der Waals surface area contributed by atoms with Gasteiger partial charge < -0.3 is 4.74 Å². The fourth-order valence-corrected chi connectivity index (χ4v) is 2.75. The standard InChI is InChI=1S/C15H19NO4/c1-2-11-4-3-5-13(8-11)20-15-7-6-12(10-17)9-14(15)16(18)19/h6-7,9-11,13H,2-5,8H2,1H3. The maximum atomic E-state index is 11.1. The first-order valence-electron chi connectivity index (χ1n) is 7.04. The lowest BCUT2D eigenvalue weighted by Gasteiger charge is -2.28. The third-order valence-corrected chi connectivity index (χ3v) is 3.92. The maximum Gasteiger partial charge on any atom is 0.311 e. The quantitative estimate of drug-likeness (QED) is 0.467. The lowest BCUT2D eigenvalue weighted by Crippen LogP contribution is -2.25. The van der Waals surface area contributed by atoms with Gasteiger partial charge in [-0.15, -0.1) is 0 Å². The molecule has 1 fully saturated rings. The molecule has 0 aliphatic heterocycles. The second-order valence-electron chi connectivity index (χ2n) is 5.28. The van der Waals surface area contributed by atoms with E-state index < -0.39 is 4.92 Å². The molecular weight excluding hydrogens is 258 g/mol. The van der Waals surface area contributed by atoms with Gasteiger partial charge in [-0.25, -0.2) is 0 Å². The third-order valence-electron chi connectivity index (χ3n) is 3.92. The molecule has 20 heavy (non-hydrogen) atoms. The van der Waals surface area contributed by atoms with Gasteiger partial charge in [-0.1, -0.05) is 19.8 Å². The van der Waals surface area contributed by atoms with Crippen molar-refractivity contribution in [2.24, 2.45) is 5.92 Å². The van der Waals surface area contributed by atoms with Gasteiger partial charge >= 0.3 is 5.69 Å². The lowest BCUT2D eigenvalue weighted by molar-refractivity contribution is -0.386. The Hall–Kier alpha value is -1.91. The summed E-state index contributed by atoms with van der Waals surface area (Å²) in [6, 6.07) is 4.34. The molecule has 0 spiro atoms. The monoisotopic (exact) mass is 277 g/mol. The van der Waals surface area contributed by atoms with Gasteiger partial charge in [0.25, 0.3) is 0 Å². The molecule has 0 N–H and O–H groups in total. The first-order valence-corrected chi connectivity index (χ1v) is 7.04. The van der Waals surface area contributed by atoms with Crippen LogP contribution in [0.5, 0.6) is 5.75 Å². The number of rotatable bonds is 5. The van der Waals surface area contributed by atoms with Gasteiger partial charge in [0.05, 0.1) is 11.0 Å². The summed E-state index contributed by atoms with van der Waals surface area (Å²) >= 11 is 0. The molecule has 1 aliphatic rings. The fourth-order valence-electron chi connectivity index (χ4n) is 2.75. The minimum Gasteiger partial charge on any atom is -0.483 e. The minimum absolute atomic E-state index is 0.0366. The van der Waals surface area contributed by atoms with E-state index in [1.807, 2.05) is 0 Å². The van der Waals surface area contributed by atoms with Crippen molar-refractivity contribution < 1.29 is 14.5 Å². The normalized spacial score (nSPS) is 22.2. The Morgan fingerprint density at radius 1 is 1.45 bits per heavy atom. The molecule has 0 amide bonds. The first kappa shape index (κ1) is 14.5. The predicted molar refractivity (Wildman–Crippen MR) is 75.1 cm³/mol. The van der Waals surface area contributed by atoms with Crippen molar-refractivity contribution in [1.29, 1.82) is 0 Å². The van der Waals surface area contributed by atoms with Gasteiger partial charge in [0.2, 0.25) is 0 Å². The molecule has 0 aromatic heterocycles. The summed E-state index contributed by atoms with van der Waals surface area (Å²) in [5.74, 6) is 0.907. The van der Waals surface area contributed by atoms with Gasteiger partial charge in [0.1, 0.15) is 6.29 Å². The van der Waals surface area contributed by atoms with Crippen LogP contribution >= 0.6 is 0 Å². The highest BCUT2D eigenvalue weighted by atomic mass is 16.6. The van der Waals surface area contributed by atoms with Crippen molar-refractivity contribution in [3.05, 3.63) is 33.9 Å². The van der Waals surface area contributed by atoms with Gasteiger partial charge in [-0.2, -0.15) is 0 Å². The molecule has 1 saturated carbocycles. The Bertz CT molecular complexity index is 501. The van der Waals surface area contributed by atoms with Crippen LogP contribution in [0.3, 0.4) is 0 Å². The number of hydrogen-bond donors (Lipinski definition) is 0. The minimum atomic E-state index is -0.498. The number of aldehydes is 1. The van der Waals surface area contributed by atoms with E-state index in [0.29, 0.717) is 17.8 Å². The number of carbonyl (C=O) groups is 1. The second kappa shape index (κ2) is 6.50. The lowest BCUT2D eigenvalue weighted by atomic mass is 9.85. The van der Waals surface area contributed by atoms with E-state index in [0.717, 1.165) is 25.7 Å². The van der Waals surface area contributed by atoms with Crippen LogP contribution < -0.4 is 4.74 Å². The Balaban J connectivity index is 2.16. The van der Waals surface area contributed by atoms with E-state index in [4.69, 9.17) is 4.74 Å². The molecule has 2 rings (SSSR count). The van der Waals surface area contributed by atoms with Crippen LogP contribution in [0.25, 0.3) is 0 Å². The smallest absolute Gasteiger partial charge is 0.311 e. The number of benzene rings is 1. The molecule has 0 heterocycles. The van der Waals surface area contributed by atoms with Crippen LogP contribution in [0.15, 0.2) is 18.2 Å². The predicted octanol–water partition coefficient (Wildman–Crippen LogP) is 3.75. The largest absolute Gasteiger partial charge is 0.483 e. The Morgan fingerprint density at radius 2 is 2.25 bits per heavy atom. The zero-order valence-electron chi connectivity index (χ0n) is 11.6. The van der Waals surface area contributed by atoms with E-state index in [2.05, 4.69) is 6.92 Å². The van der Waals surface area contributed by atoms with Crippen LogP contribution in [-0.4, -0.2) is 17.3 Å². The summed E-state index contributed by atoms with van der Waals surface area (Å²) < 4.78 is 5.82. The van der Waals surface area contributed by atoms with Crippen LogP contribution in [0.2, 0.25) is 0 Å². The fraction of sp³-hybridized carbons (Fsp3) is 0.533. The third kappa shape index (κ3) is 3.35. The van der Waals surface area contributed by atoms with E-state index >= 15 is 0 Å². The first-order chi connectivity index (χ1) is 9.63. The summed E-state index contributed by atoms with van der Waals surface area (Å²) in [7, 11) is 0. The van der Waals surface area contributed by atoms with Crippen molar-refractivity contribution in [3.8, 4) is 5.75 Å². The number of hydrogen-bond acceptors (Lipinski definition) is 4. The van der Waals surface area contributed by atoms with E-state index in [9.17, 15) is 14.9 Å². The van der Waals surface area contributed by atoms with Crippen LogP contribution in [0.1, 0.15) is 49.4 Å². The Kier molecular flexibility index (Phi) is 4.71. The molecule has 0 saturated heterocycles. The number of nitro groups is 1. The topological polar surface area (TPSA) is 69.4 Å². The zero-order valence-corrected chi connectivity index (χ0v) is 11.6. The van der Waals surface area contributed by atoms with Gasteiger partial charge in [0.15, 0.2) is 5.75 Å². The average molecular weight is 277 g/mol. The van der Waals surface area contributed by atoms with Gasteiger partial charge in [-0.3, -0.25) is 14.9 Å². The van der Waals surface area contributed by atoms with Crippen molar-refractivity contribution >= 4 is 12.0 Å². The van der Waals surface area contributed by atoms with Gasteiger partial charge in [0, 0.05) is 11.6 Å². The molecule has 2 atom stereocenters. The molecule has 1 aromatic rings. The number of nitrogens with zero attached hydrogens (tertiary/aromatic N) is 1. The summed E-state index contributed by atoms with van der Waals surface area (Å²) in [5, 5.41) is 11.1. The van der Waals surface area contributed by atoms with E-state index in [1.165, 1.54) is 18.6 Å². The average Bonchev–Trinajstić information content (AvgIpc) is 2.47. The molecule has 5 heteroatoms. The zero-order chi connectivity index (χ0) is 14.5. The number of carbonyl (C=O) groups excluding carboxylic acids is 1. The van der Waals surface area contributed by atoms with Crippen molar-refractivity contribution in [2.75, 3.05) is 0 Å². The molecular formula is C15H19NO4. The van der Waals surface area contributed by atoms with Crippen LogP contribution in [0, 0.1) is 16.0 Å². The highest BCUT2D eigenvalue weighted by molar-refractivity contribution is 5.77. The Labute approximate surface area is 118 Å². The van der Waals surface area contributed by atoms with E-state index in [-0.39, 0.29) is 17.5 Å². The van der Waals surface area contributed by atoms with Crippen LogP contribution in [0.4, 0.5) is 5.69 Å². The molecule has 0 bridgehead atoms. The van der Waals surface area contributed by atoms with Gasteiger partial charge in [-0.05, 0) is 37.3 Å². The van der Waals surface area contributed by atoms with Crippen LogP contribution in [-0.2, 0) is 0 Å². The molecule has 1 aromatic carbocycles. The second-order valence-corrected chi connectivity index (χ2v) is 5.28. The van der Waals surface area contributed by atoms with Crippen molar-refractivity contribution in [2.45, 2.75) is 45.1 Å². The molecule has 0 radical (unpaired) electrons. The highest BCUT2D eigenvalue weighted by Gasteiger charge is 2.25. The highest BCUT2D eigenvalue weighted by Crippen LogP contribution is 2.33. The maximum absolute atomic E-state index is 11.1. The SMILES string of the molecule is CCC1CCCC(Oc2ccc(C=O)cc2[N+](=O)[O-])C1. The molecule has 2 unspecified atom stereocenters. The summed E-state index contributed by atoms with van der Waals surface area (Å²) in [5.41, 5.74) is 0.160. The molecule has 108 valence electrons. The Morgan fingerprint density at radius 3 is 2.90 bits per heavy atom. The van der Waals surface area contributed by atoms with Crippen molar-refractivity contribution in [3.63, 3.8) is 0 Å². The summed E-state index contributed by atoms with van der Waals surface area (Å²) in [6.45, 7) is 2.16. The molecule has 5 nitrogen and oxygen atoms in total. The molecule has 1 aliphatic carbocycles. The summed E-state index contributed by atoms with van der Waals surface area (Å²) in [6.07, 6.45) is 5.95. The van der Waals surface area contributed by atoms with Crippen molar-refractivity contribution in [1.82, 2.24) is 0 Å².